The molecule has 1 aliphatic rings. The zero-order valence-corrected chi connectivity index (χ0v) is 14.6. The molecule has 21 heavy (non-hydrogen) atoms. The molecule has 0 saturated heterocycles. The summed E-state index contributed by atoms with van der Waals surface area (Å²) in [6, 6.07) is 11.2. The standard InChI is InChI=1S/C17H15Br2FO/c18-10-13(15-3-1-2-4-16(15)20)7-12-9-14(19)8-11-5-6-21-17(11)12/h1-4,8-9,13H,5-7,10H2. The third kappa shape index (κ3) is 3.16. The van der Waals surface area contributed by atoms with Crippen LogP contribution in [-0.2, 0) is 12.8 Å². The van der Waals surface area contributed by atoms with Gasteiger partial charge in [0.05, 0.1) is 6.61 Å². The number of rotatable bonds is 4. The fraction of sp³-hybridized carbons (Fsp3) is 0.294. The predicted octanol–water partition coefficient (Wildman–Crippen LogP) is 5.24. The van der Waals surface area contributed by atoms with Crippen molar-refractivity contribution >= 4 is 31.9 Å². The Bertz CT molecular complexity index is 657. The van der Waals surface area contributed by atoms with E-state index in [-0.39, 0.29) is 11.7 Å². The van der Waals surface area contributed by atoms with Crippen molar-refractivity contribution in [2.75, 3.05) is 11.9 Å². The number of halogens is 3. The molecule has 0 aromatic heterocycles. The van der Waals surface area contributed by atoms with Crippen molar-refractivity contribution in [1.82, 2.24) is 0 Å². The maximum Gasteiger partial charge on any atom is 0.126 e. The van der Waals surface area contributed by atoms with Gasteiger partial charge in [-0.2, -0.15) is 0 Å². The molecule has 4 heteroatoms. The Morgan fingerprint density at radius 1 is 1.24 bits per heavy atom. The van der Waals surface area contributed by atoms with Gasteiger partial charge < -0.3 is 4.74 Å². The molecule has 1 unspecified atom stereocenters. The van der Waals surface area contributed by atoms with Crippen LogP contribution in [0.25, 0.3) is 0 Å². The summed E-state index contributed by atoms with van der Waals surface area (Å²) >= 11 is 7.08. The third-order valence-corrected chi connectivity index (χ3v) is 5.06. The van der Waals surface area contributed by atoms with E-state index in [9.17, 15) is 4.39 Å². The lowest BCUT2D eigenvalue weighted by Crippen LogP contribution is -2.08. The first-order valence-corrected chi connectivity index (χ1v) is 8.85. The Morgan fingerprint density at radius 3 is 2.81 bits per heavy atom. The molecule has 0 spiro atoms. The highest BCUT2D eigenvalue weighted by atomic mass is 79.9. The summed E-state index contributed by atoms with van der Waals surface area (Å²) in [4.78, 5) is 0. The normalized spacial score (nSPS) is 14.6. The Balaban J connectivity index is 1.94. The van der Waals surface area contributed by atoms with Gasteiger partial charge in [0.15, 0.2) is 0 Å². The van der Waals surface area contributed by atoms with Crippen molar-refractivity contribution in [2.24, 2.45) is 0 Å². The molecular formula is C17H15Br2FO. The second-order valence-corrected chi connectivity index (χ2v) is 6.79. The average molecular weight is 414 g/mol. The van der Waals surface area contributed by atoms with Gasteiger partial charge in [-0.1, -0.05) is 50.1 Å². The van der Waals surface area contributed by atoms with E-state index in [1.165, 1.54) is 11.6 Å². The van der Waals surface area contributed by atoms with Crippen molar-refractivity contribution in [1.29, 1.82) is 0 Å². The third-order valence-electron chi connectivity index (χ3n) is 3.82. The molecule has 0 bridgehead atoms. The topological polar surface area (TPSA) is 9.23 Å². The summed E-state index contributed by atoms with van der Waals surface area (Å²) in [5, 5.41) is 0.717. The maximum atomic E-state index is 14.0. The van der Waals surface area contributed by atoms with E-state index in [1.807, 2.05) is 12.1 Å². The van der Waals surface area contributed by atoms with E-state index in [0.29, 0.717) is 0 Å². The van der Waals surface area contributed by atoms with Crippen molar-refractivity contribution in [3.8, 4) is 5.75 Å². The first-order chi connectivity index (χ1) is 10.2. The number of hydrogen-bond acceptors (Lipinski definition) is 1. The van der Waals surface area contributed by atoms with Gasteiger partial charge in [-0.15, -0.1) is 0 Å². The summed E-state index contributed by atoms with van der Waals surface area (Å²) in [6.07, 6.45) is 1.70. The molecule has 0 amide bonds. The number of hydrogen-bond donors (Lipinski definition) is 0. The van der Waals surface area contributed by atoms with E-state index in [2.05, 4.69) is 44.0 Å². The minimum Gasteiger partial charge on any atom is -0.493 e. The number of ether oxygens (including phenoxy) is 1. The summed E-state index contributed by atoms with van der Waals surface area (Å²) in [6.45, 7) is 0.734. The van der Waals surface area contributed by atoms with Crippen molar-refractivity contribution < 1.29 is 9.13 Å². The van der Waals surface area contributed by atoms with Gasteiger partial charge in [0.25, 0.3) is 0 Å². The lowest BCUT2D eigenvalue weighted by atomic mass is 9.92. The van der Waals surface area contributed by atoms with Crippen molar-refractivity contribution in [3.63, 3.8) is 0 Å². The lowest BCUT2D eigenvalue weighted by Gasteiger charge is -2.17. The van der Waals surface area contributed by atoms with Gasteiger partial charge >= 0.3 is 0 Å². The van der Waals surface area contributed by atoms with Crippen LogP contribution < -0.4 is 4.74 Å². The van der Waals surface area contributed by atoms with Gasteiger partial charge in [-0.25, -0.2) is 4.39 Å². The molecule has 2 aromatic rings. The molecule has 0 saturated carbocycles. The molecule has 1 aliphatic heterocycles. The molecule has 0 radical (unpaired) electrons. The highest BCUT2D eigenvalue weighted by Gasteiger charge is 2.22. The van der Waals surface area contributed by atoms with Crippen LogP contribution in [-0.4, -0.2) is 11.9 Å². The van der Waals surface area contributed by atoms with Crippen LogP contribution >= 0.6 is 31.9 Å². The molecular weight excluding hydrogens is 399 g/mol. The molecule has 0 fully saturated rings. The van der Waals surface area contributed by atoms with Crippen LogP contribution in [0.5, 0.6) is 5.75 Å². The van der Waals surface area contributed by atoms with Gasteiger partial charge in [0, 0.05) is 22.1 Å². The highest BCUT2D eigenvalue weighted by Crippen LogP contribution is 2.36. The Kier molecular flexibility index (Phi) is 4.65. The largest absolute Gasteiger partial charge is 0.493 e. The molecule has 3 rings (SSSR count). The summed E-state index contributed by atoms with van der Waals surface area (Å²) < 4.78 is 20.8. The second kappa shape index (κ2) is 6.49. The minimum absolute atomic E-state index is 0.0915. The highest BCUT2D eigenvalue weighted by molar-refractivity contribution is 9.10. The Hall–Kier alpha value is -0.870. The SMILES string of the molecule is Fc1ccccc1C(CBr)Cc1cc(Br)cc2c1OCC2. The molecule has 1 heterocycles. The summed E-state index contributed by atoms with van der Waals surface area (Å²) in [7, 11) is 0. The van der Waals surface area contributed by atoms with Gasteiger partial charge in [0.2, 0.25) is 0 Å². The zero-order chi connectivity index (χ0) is 14.8. The molecule has 0 aliphatic carbocycles. The first-order valence-electron chi connectivity index (χ1n) is 6.93. The van der Waals surface area contributed by atoms with Gasteiger partial charge in [-0.3, -0.25) is 0 Å². The minimum atomic E-state index is -0.144. The van der Waals surface area contributed by atoms with Crippen LogP contribution in [0, 0.1) is 5.82 Å². The van der Waals surface area contributed by atoms with Crippen molar-refractivity contribution in [3.05, 3.63) is 63.4 Å². The smallest absolute Gasteiger partial charge is 0.126 e. The van der Waals surface area contributed by atoms with Crippen molar-refractivity contribution in [2.45, 2.75) is 18.8 Å². The fourth-order valence-electron chi connectivity index (χ4n) is 2.82. The quantitative estimate of drug-likeness (QED) is 0.622. The van der Waals surface area contributed by atoms with Gasteiger partial charge in [0.1, 0.15) is 11.6 Å². The second-order valence-electron chi connectivity index (χ2n) is 5.23. The van der Waals surface area contributed by atoms with Crippen LogP contribution in [0.15, 0.2) is 40.9 Å². The molecule has 2 aromatic carbocycles. The van der Waals surface area contributed by atoms with E-state index >= 15 is 0 Å². The van der Waals surface area contributed by atoms with E-state index in [0.717, 1.165) is 46.1 Å². The van der Waals surface area contributed by atoms with Crippen LogP contribution in [0.4, 0.5) is 4.39 Å². The lowest BCUT2D eigenvalue weighted by molar-refractivity contribution is 0.352. The number of fused-ring (bicyclic) bond motifs is 1. The molecule has 0 N–H and O–H groups in total. The predicted molar refractivity (Wildman–Crippen MR) is 90.0 cm³/mol. The number of alkyl halides is 1. The van der Waals surface area contributed by atoms with Crippen LogP contribution in [0.3, 0.4) is 0 Å². The fourth-order valence-corrected chi connectivity index (χ4v) is 3.95. The maximum absolute atomic E-state index is 14.0. The van der Waals surface area contributed by atoms with Crippen LogP contribution in [0.1, 0.15) is 22.6 Å². The Morgan fingerprint density at radius 2 is 2.05 bits per heavy atom. The molecule has 110 valence electrons. The first kappa shape index (κ1) is 15.0. The van der Waals surface area contributed by atoms with E-state index in [4.69, 9.17) is 4.74 Å². The zero-order valence-electron chi connectivity index (χ0n) is 11.4. The van der Waals surface area contributed by atoms with E-state index in [1.54, 1.807) is 6.07 Å². The monoisotopic (exact) mass is 412 g/mol. The van der Waals surface area contributed by atoms with E-state index < -0.39 is 0 Å². The summed E-state index contributed by atoms with van der Waals surface area (Å²) in [5.41, 5.74) is 3.13. The number of benzene rings is 2. The molecule has 1 nitrogen and oxygen atoms in total. The van der Waals surface area contributed by atoms with Crippen LogP contribution in [0.2, 0.25) is 0 Å². The average Bonchev–Trinajstić information content (AvgIpc) is 2.93. The Labute approximate surface area is 140 Å². The molecule has 1 atom stereocenters. The van der Waals surface area contributed by atoms with Gasteiger partial charge in [-0.05, 0) is 41.3 Å². The summed E-state index contributed by atoms with van der Waals surface area (Å²) in [5.74, 6) is 0.934.